The van der Waals surface area contributed by atoms with Gasteiger partial charge in [0, 0.05) is 5.56 Å². The van der Waals surface area contributed by atoms with Crippen molar-refractivity contribution in [3.05, 3.63) is 23.8 Å². The predicted molar refractivity (Wildman–Crippen MR) is 48.2 cm³/mol. The van der Waals surface area contributed by atoms with Crippen molar-refractivity contribution in [2.24, 2.45) is 0 Å². The van der Waals surface area contributed by atoms with Gasteiger partial charge in [0.15, 0.2) is 11.5 Å². The molecular formula is C10H12O3. The molecule has 0 saturated carbocycles. The minimum atomic E-state index is 0.199. The largest absolute Gasteiger partial charge is 0.493 e. The van der Waals surface area contributed by atoms with Gasteiger partial charge in [0.1, 0.15) is 6.10 Å². The summed E-state index contributed by atoms with van der Waals surface area (Å²) in [5.41, 5.74) is 1.07. The van der Waals surface area contributed by atoms with Crippen molar-refractivity contribution < 1.29 is 14.2 Å². The molecule has 0 radical (unpaired) electrons. The van der Waals surface area contributed by atoms with E-state index in [4.69, 9.17) is 14.2 Å². The monoisotopic (exact) mass is 180 g/mol. The summed E-state index contributed by atoms with van der Waals surface area (Å²) in [5, 5.41) is 0. The molecule has 0 aromatic heterocycles. The average molecular weight is 180 g/mol. The molecule has 0 bridgehead atoms. The molecule has 1 aromatic carbocycles. The van der Waals surface area contributed by atoms with Gasteiger partial charge in [0.2, 0.25) is 0 Å². The topological polar surface area (TPSA) is 31.0 Å². The molecule has 1 fully saturated rings. The molecule has 3 heteroatoms. The number of epoxide rings is 1. The summed E-state index contributed by atoms with van der Waals surface area (Å²) in [7, 11) is 3.28. The fourth-order valence-corrected chi connectivity index (χ4v) is 1.39. The lowest BCUT2D eigenvalue weighted by Crippen LogP contribution is -1.94. The van der Waals surface area contributed by atoms with Gasteiger partial charge in [0.25, 0.3) is 0 Å². The van der Waals surface area contributed by atoms with Crippen LogP contribution in [0.2, 0.25) is 0 Å². The molecule has 1 saturated heterocycles. The molecule has 1 heterocycles. The minimum Gasteiger partial charge on any atom is -0.493 e. The van der Waals surface area contributed by atoms with E-state index in [1.54, 1.807) is 14.2 Å². The third-order valence-electron chi connectivity index (χ3n) is 2.11. The standard InChI is InChI=1S/C10H12O3/c1-11-8-5-3-4-7(9-6-13-9)10(8)12-2/h3-5,9H,6H2,1-2H3. The maximum Gasteiger partial charge on any atom is 0.166 e. The Bertz CT molecular complexity index is 305. The van der Waals surface area contributed by atoms with Crippen molar-refractivity contribution in [3.8, 4) is 11.5 Å². The Morgan fingerprint density at radius 2 is 2.08 bits per heavy atom. The van der Waals surface area contributed by atoms with E-state index < -0.39 is 0 Å². The van der Waals surface area contributed by atoms with E-state index in [0.29, 0.717) is 0 Å². The third kappa shape index (κ3) is 1.47. The molecule has 2 rings (SSSR count). The van der Waals surface area contributed by atoms with Crippen LogP contribution in [0.4, 0.5) is 0 Å². The minimum absolute atomic E-state index is 0.199. The van der Waals surface area contributed by atoms with E-state index in [-0.39, 0.29) is 6.10 Å². The Hall–Kier alpha value is -1.22. The van der Waals surface area contributed by atoms with E-state index in [0.717, 1.165) is 23.7 Å². The number of methoxy groups -OCH3 is 2. The predicted octanol–water partition coefficient (Wildman–Crippen LogP) is 1.78. The summed E-state index contributed by atoms with van der Waals surface area (Å²) >= 11 is 0. The second-order valence-corrected chi connectivity index (χ2v) is 2.90. The van der Waals surface area contributed by atoms with E-state index in [9.17, 15) is 0 Å². The quantitative estimate of drug-likeness (QED) is 0.664. The fourth-order valence-electron chi connectivity index (χ4n) is 1.39. The van der Waals surface area contributed by atoms with Crippen LogP contribution in [0.3, 0.4) is 0 Å². The first-order chi connectivity index (χ1) is 6.36. The highest BCUT2D eigenvalue weighted by molar-refractivity contribution is 5.48. The normalized spacial score (nSPS) is 19.7. The molecule has 3 nitrogen and oxygen atoms in total. The van der Waals surface area contributed by atoms with Crippen molar-refractivity contribution >= 4 is 0 Å². The first kappa shape index (κ1) is 8.38. The second-order valence-electron chi connectivity index (χ2n) is 2.90. The number of ether oxygens (including phenoxy) is 3. The van der Waals surface area contributed by atoms with Crippen molar-refractivity contribution in [1.29, 1.82) is 0 Å². The molecular weight excluding hydrogens is 168 g/mol. The molecule has 0 aliphatic carbocycles. The van der Waals surface area contributed by atoms with Crippen molar-refractivity contribution in [1.82, 2.24) is 0 Å². The molecule has 0 spiro atoms. The van der Waals surface area contributed by atoms with Crippen LogP contribution in [-0.2, 0) is 4.74 Å². The highest BCUT2D eigenvalue weighted by atomic mass is 16.6. The summed E-state index contributed by atoms with van der Waals surface area (Å²) < 4.78 is 15.6. The number of benzene rings is 1. The van der Waals surface area contributed by atoms with E-state index in [2.05, 4.69) is 0 Å². The third-order valence-corrected chi connectivity index (χ3v) is 2.11. The maximum atomic E-state index is 5.26. The Kier molecular flexibility index (Phi) is 2.10. The lowest BCUT2D eigenvalue weighted by atomic mass is 10.1. The summed E-state index contributed by atoms with van der Waals surface area (Å²) in [6, 6.07) is 5.82. The van der Waals surface area contributed by atoms with Crippen LogP contribution in [0.1, 0.15) is 11.7 Å². The van der Waals surface area contributed by atoms with Gasteiger partial charge in [-0.25, -0.2) is 0 Å². The molecule has 0 amide bonds. The van der Waals surface area contributed by atoms with E-state index in [1.165, 1.54) is 0 Å². The van der Waals surface area contributed by atoms with Gasteiger partial charge in [-0.1, -0.05) is 12.1 Å². The Morgan fingerprint density at radius 3 is 2.62 bits per heavy atom. The van der Waals surface area contributed by atoms with Crippen LogP contribution < -0.4 is 9.47 Å². The Balaban J connectivity index is 2.41. The van der Waals surface area contributed by atoms with Crippen LogP contribution in [-0.4, -0.2) is 20.8 Å². The van der Waals surface area contributed by atoms with Crippen molar-refractivity contribution in [3.63, 3.8) is 0 Å². The highest BCUT2D eigenvalue weighted by Gasteiger charge is 2.29. The number of hydrogen-bond acceptors (Lipinski definition) is 3. The second kappa shape index (κ2) is 3.26. The van der Waals surface area contributed by atoms with Crippen molar-refractivity contribution in [2.75, 3.05) is 20.8 Å². The van der Waals surface area contributed by atoms with Gasteiger partial charge in [-0.05, 0) is 6.07 Å². The average Bonchev–Trinajstić information content (AvgIpc) is 2.99. The van der Waals surface area contributed by atoms with Crippen molar-refractivity contribution in [2.45, 2.75) is 6.10 Å². The number of rotatable bonds is 3. The molecule has 1 aromatic rings. The zero-order chi connectivity index (χ0) is 9.26. The van der Waals surface area contributed by atoms with Crippen LogP contribution >= 0.6 is 0 Å². The molecule has 70 valence electrons. The molecule has 1 atom stereocenters. The first-order valence-electron chi connectivity index (χ1n) is 4.19. The zero-order valence-corrected chi connectivity index (χ0v) is 7.74. The van der Waals surface area contributed by atoms with Gasteiger partial charge in [0.05, 0.1) is 20.8 Å². The van der Waals surface area contributed by atoms with Gasteiger partial charge in [-0.3, -0.25) is 0 Å². The van der Waals surface area contributed by atoms with E-state index in [1.807, 2.05) is 18.2 Å². The van der Waals surface area contributed by atoms with Crippen LogP contribution in [0.25, 0.3) is 0 Å². The molecule has 0 N–H and O–H groups in total. The summed E-state index contributed by atoms with van der Waals surface area (Å²) in [4.78, 5) is 0. The van der Waals surface area contributed by atoms with Gasteiger partial charge < -0.3 is 14.2 Å². The first-order valence-corrected chi connectivity index (χ1v) is 4.19. The summed E-state index contributed by atoms with van der Waals surface area (Å²) in [6.45, 7) is 0.781. The molecule has 1 aliphatic heterocycles. The zero-order valence-electron chi connectivity index (χ0n) is 7.74. The highest BCUT2D eigenvalue weighted by Crippen LogP contribution is 2.40. The van der Waals surface area contributed by atoms with Crippen LogP contribution in [0, 0.1) is 0 Å². The summed E-state index contributed by atoms with van der Waals surface area (Å²) in [6.07, 6.45) is 0.199. The van der Waals surface area contributed by atoms with Crippen LogP contribution in [0.15, 0.2) is 18.2 Å². The lowest BCUT2D eigenvalue weighted by molar-refractivity contribution is 0.343. The number of para-hydroxylation sites is 1. The Labute approximate surface area is 77.2 Å². The smallest absolute Gasteiger partial charge is 0.166 e. The molecule has 13 heavy (non-hydrogen) atoms. The molecule has 1 aliphatic rings. The maximum absolute atomic E-state index is 5.26. The Morgan fingerprint density at radius 1 is 1.31 bits per heavy atom. The molecule has 1 unspecified atom stereocenters. The lowest BCUT2D eigenvalue weighted by Gasteiger charge is -2.10. The summed E-state index contributed by atoms with van der Waals surface area (Å²) in [5.74, 6) is 1.54. The number of hydrogen-bond donors (Lipinski definition) is 0. The van der Waals surface area contributed by atoms with Gasteiger partial charge in [-0.2, -0.15) is 0 Å². The fraction of sp³-hybridized carbons (Fsp3) is 0.400. The van der Waals surface area contributed by atoms with Gasteiger partial charge in [-0.15, -0.1) is 0 Å². The SMILES string of the molecule is COc1cccc(C2CO2)c1OC. The van der Waals surface area contributed by atoms with Crippen LogP contribution in [0.5, 0.6) is 11.5 Å². The van der Waals surface area contributed by atoms with Gasteiger partial charge >= 0.3 is 0 Å². The van der Waals surface area contributed by atoms with E-state index >= 15 is 0 Å².